The fraction of sp³-hybridized carbons (Fsp3) is 0.280. The van der Waals surface area contributed by atoms with Crippen molar-refractivity contribution in [3.05, 3.63) is 77.1 Å². The molecule has 0 spiro atoms. The molecule has 13 nitrogen and oxygen atoms in total. The summed E-state index contributed by atoms with van der Waals surface area (Å²) in [5, 5.41) is 19.7. The van der Waals surface area contributed by atoms with Crippen LogP contribution < -0.4 is 15.9 Å². The van der Waals surface area contributed by atoms with E-state index < -0.39 is 5.91 Å². The summed E-state index contributed by atoms with van der Waals surface area (Å²) in [5.41, 5.74) is 10.9. The third-order valence-electron chi connectivity index (χ3n) is 6.15. The molecule has 1 fully saturated rings. The number of hydrogen-bond acceptors (Lipinski definition) is 11. The Morgan fingerprint density at radius 3 is 2.58 bits per heavy atom. The minimum Gasteiger partial charge on any atom is -0.489 e. The van der Waals surface area contributed by atoms with E-state index >= 15 is 0 Å². The van der Waals surface area contributed by atoms with Crippen molar-refractivity contribution < 1.29 is 14.2 Å². The average molecular weight is 517 g/mol. The molecule has 3 heterocycles. The second-order valence-electron chi connectivity index (χ2n) is 8.89. The molecule has 1 aliphatic rings. The number of hydrogen-bond donors (Lipinski definition) is 2. The number of aromatic nitrogens is 5. The number of nitrogen functional groups attached to an aromatic ring is 1. The number of nitrogens with two attached hydrogens (primary N) is 1. The van der Waals surface area contributed by atoms with Crippen molar-refractivity contribution in [2.45, 2.75) is 13.2 Å². The maximum Gasteiger partial charge on any atom is 0.293 e. The van der Waals surface area contributed by atoms with Crippen LogP contribution in [0.4, 0.5) is 5.82 Å². The normalized spacial score (nSPS) is 14.7. The van der Waals surface area contributed by atoms with Gasteiger partial charge in [-0.2, -0.15) is 9.78 Å². The van der Waals surface area contributed by atoms with Gasteiger partial charge < -0.3 is 15.4 Å². The van der Waals surface area contributed by atoms with Crippen molar-refractivity contribution in [2.75, 3.05) is 39.0 Å². The van der Waals surface area contributed by atoms with E-state index in [1.54, 1.807) is 6.21 Å². The lowest BCUT2D eigenvalue weighted by Gasteiger charge is -2.32. The Morgan fingerprint density at radius 1 is 1.11 bits per heavy atom. The number of likely N-dealkylation sites (N-methyl/N-ethyl adjacent to an activating group) is 1. The summed E-state index contributed by atoms with van der Waals surface area (Å²) < 4.78 is 11.9. The molecule has 5 rings (SSSR count). The highest BCUT2D eigenvalue weighted by Crippen LogP contribution is 2.18. The number of nitrogens with one attached hydrogen (secondary N) is 1. The van der Waals surface area contributed by atoms with Crippen LogP contribution in [0.2, 0.25) is 0 Å². The number of amides is 1. The Labute approximate surface area is 218 Å². The first kappa shape index (κ1) is 25.0. The summed E-state index contributed by atoms with van der Waals surface area (Å²) >= 11 is 0. The van der Waals surface area contributed by atoms with E-state index in [-0.39, 0.29) is 17.3 Å². The van der Waals surface area contributed by atoms with Crippen LogP contribution in [0.3, 0.4) is 0 Å². The number of ether oxygens (including phenoxy) is 1. The third-order valence-corrected chi connectivity index (χ3v) is 6.15. The summed E-state index contributed by atoms with van der Waals surface area (Å²) in [5.74, 6) is 0.464. The Bertz CT molecular complexity index is 1380. The Hall–Kier alpha value is -4.62. The summed E-state index contributed by atoms with van der Waals surface area (Å²) in [4.78, 5) is 17.5. The Balaban J connectivity index is 1.24. The quantitative estimate of drug-likeness (QED) is 0.246. The molecule has 2 aromatic carbocycles. The van der Waals surface area contributed by atoms with Crippen LogP contribution in [0.15, 0.2) is 64.3 Å². The Kier molecular flexibility index (Phi) is 7.66. The maximum absolute atomic E-state index is 13.0. The van der Waals surface area contributed by atoms with Crippen LogP contribution in [0, 0.1) is 0 Å². The van der Waals surface area contributed by atoms with Gasteiger partial charge in [0, 0.05) is 32.7 Å². The maximum atomic E-state index is 13.0. The summed E-state index contributed by atoms with van der Waals surface area (Å²) in [6, 6.07) is 17.3. The van der Waals surface area contributed by atoms with Crippen LogP contribution in [0.5, 0.6) is 5.75 Å². The van der Waals surface area contributed by atoms with Gasteiger partial charge in [-0.15, -0.1) is 5.10 Å². The molecular weight excluding hydrogens is 488 g/mol. The van der Waals surface area contributed by atoms with Crippen molar-refractivity contribution in [3.63, 3.8) is 0 Å². The summed E-state index contributed by atoms with van der Waals surface area (Å²) in [6.45, 7) is 4.40. The first-order valence-corrected chi connectivity index (χ1v) is 12.1. The highest BCUT2D eigenvalue weighted by atomic mass is 16.6. The summed E-state index contributed by atoms with van der Waals surface area (Å²) in [7, 11) is 2.08. The van der Waals surface area contributed by atoms with Crippen LogP contribution in [-0.2, 0) is 13.2 Å². The zero-order valence-electron chi connectivity index (χ0n) is 20.9. The molecule has 0 unspecified atom stereocenters. The molecule has 0 radical (unpaired) electrons. The van der Waals surface area contributed by atoms with Crippen LogP contribution >= 0.6 is 0 Å². The molecule has 4 aromatic rings. The average Bonchev–Trinajstić information content (AvgIpc) is 3.55. The van der Waals surface area contributed by atoms with E-state index in [0.29, 0.717) is 18.8 Å². The number of piperazine rings is 1. The first-order chi connectivity index (χ1) is 18.6. The topological polar surface area (TPSA) is 153 Å². The largest absolute Gasteiger partial charge is 0.489 e. The van der Waals surface area contributed by atoms with Crippen LogP contribution in [-0.4, -0.2) is 80.5 Å². The molecule has 1 saturated heterocycles. The second kappa shape index (κ2) is 11.6. The van der Waals surface area contributed by atoms with E-state index in [0.717, 1.165) is 43.1 Å². The molecule has 1 aliphatic heterocycles. The van der Waals surface area contributed by atoms with E-state index in [1.807, 2.05) is 54.6 Å². The van der Waals surface area contributed by atoms with Crippen molar-refractivity contribution in [1.29, 1.82) is 0 Å². The fourth-order valence-electron chi connectivity index (χ4n) is 3.95. The van der Waals surface area contributed by atoms with Crippen LogP contribution in [0.1, 0.15) is 27.3 Å². The number of rotatable bonds is 9. The number of nitrogens with zero attached hydrogens (tertiary/aromatic N) is 8. The highest BCUT2D eigenvalue weighted by molar-refractivity contribution is 5.94. The van der Waals surface area contributed by atoms with E-state index in [1.165, 1.54) is 4.68 Å². The molecule has 0 atom stereocenters. The van der Waals surface area contributed by atoms with E-state index in [9.17, 15) is 4.79 Å². The van der Waals surface area contributed by atoms with Crippen LogP contribution in [0.25, 0.3) is 5.82 Å². The molecule has 13 heteroatoms. The van der Waals surface area contributed by atoms with Gasteiger partial charge in [0.1, 0.15) is 12.4 Å². The lowest BCUT2D eigenvalue weighted by atomic mass is 10.2. The predicted octanol–water partition coefficient (Wildman–Crippen LogP) is 1.32. The van der Waals surface area contributed by atoms with Gasteiger partial charge >= 0.3 is 0 Å². The fourth-order valence-corrected chi connectivity index (χ4v) is 3.95. The highest BCUT2D eigenvalue weighted by Gasteiger charge is 2.26. The number of carbonyl (C=O) groups is 1. The van der Waals surface area contributed by atoms with Crippen molar-refractivity contribution in [2.24, 2.45) is 5.10 Å². The van der Waals surface area contributed by atoms with Gasteiger partial charge in [0.05, 0.1) is 11.9 Å². The number of benzene rings is 2. The third kappa shape index (κ3) is 6.02. The molecule has 0 aliphatic carbocycles. The van der Waals surface area contributed by atoms with Gasteiger partial charge in [0.25, 0.3) is 5.91 Å². The molecule has 2 aromatic heterocycles. The van der Waals surface area contributed by atoms with Crippen molar-refractivity contribution in [1.82, 2.24) is 40.5 Å². The smallest absolute Gasteiger partial charge is 0.293 e. The minimum absolute atomic E-state index is 0.0516. The van der Waals surface area contributed by atoms with Gasteiger partial charge in [0.15, 0.2) is 5.69 Å². The zero-order valence-corrected chi connectivity index (χ0v) is 20.9. The number of carbonyl (C=O) groups excluding carboxylic acids is 1. The molecule has 196 valence electrons. The van der Waals surface area contributed by atoms with Gasteiger partial charge in [0.2, 0.25) is 11.6 Å². The second-order valence-corrected chi connectivity index (χ2v) is 8.89. The van der Waals surface area contributed by atoms with Crippen molar-refractivity contribution in [3.8, 4) is 11.6 Å². The standard InChI is InChI=1S/C25H28N10O3/c1-33-11-13-34(14-12-33)16-21-22(28-32-35(21)24-23(26)30-38-31-24)25(36)29-27-15-18-7-9-20(10-8-18)37-17-19-5-3-2-4-6-19/h2-10,15H,11-14,16-17H2,1H3,(H2,26,30)(H,29,36). The monoisotopic (exact) mass is 516 g/mol. The number of hydrazone groups is 1. The molecule has 1 amide bonds. The van der Waals surface area contributed by atoms with Gasteiger partial charge in [-0.25, -0.2) is 10.1 Å². The predicted molar refractivity (Wildman–Crippen MR) is 139 cm³/mol. The minimum atomic E-state index is -0.505. The lowest BCUT2D eigenvalue weighted by molar-refractivity contribution is 0.0946. The SMILES string of the molecule is CN1CCN(Cc2c(C(=O)NN=Cc3ccc(OCc4ccccc4)cc3)nnn2-c2nonc2N)CC1. The zero-order chi connectivity index (χ0) is 26.3. The lowest BCUT2D eigenvalue weighted by Crippen LogP contribution is -2.44. The van der Waals surface area contributed by atoms with Gasteiger partial charge in [-0.1, -0.05) is 35.5 Å². The molecule has 0 bridgehead atoms. The molecule has 3 N–H and O–H groups in total. The van der Waals surface area contributed by atoms with Gasteiger partial charge in [-0.3, -0.25) is 9.69 Å². The van der Waals surface area contributed by atoms with Gasteiger partial charge in [-0.05, 0) is 52.8 Å². The van der Waals surface area contributed by atoms with Crippen molar-refractivity contribution >= 4 is 17.9 Å². The molecule has 38 heavy (non-hydrogen) atoms. The summed E-state index contributed by atoms with van der Waals surface area (Å²) in [6.07, 6.45) is 1.54. The van der Waals surface area contributed by atoms with E-state index in [4.69, 9.17) is 15.1 Å². The molecule has 0 saturated carbocycles. The first-order valence-electron chi connectivity index (χ1n) is 12.1. The molecular formula is C25H28N10O3. The van der Waals surface area contributed by atoms with E-state index in [2.05, 4.69) is 48.0 Å². The number of anilines is 1. The Morgan fingerprint density at radius 2 is 1.87 bits per heavy atom.